The predicted molar refractivity (Wildman–Crippen MR) is 172 cm³/mol. The maximum absolute atomic E-state index is 14.2. The third-order valence-corrected chi connectivity index (χ3v) is 9.45. The maximum atomic E-state index is 14.2. The monoisotopic (exact) mass is 645 g/mol. The highest BCUT2D eigenvalue weighted by molar-refractivity contribution is 6.07. The van der Waals surface area contributed by atoms with E-state index in [2.05, 4.69) is 18.8 Å². The highest BCUT2D eigenvalue weighted by atomic mass is 19.4. The van der Waals surface area contributed by atoms with Crippen molar-refractivity contribution < 1.29 is 27.6 Å². The topological polar surface area (TPSA) is 99.3 Å². The zero-order valence-electron chi connectivity index (χ0n) is 26.5. The molecule has 3 aromatic rings. The van der Waals surface area contributed by atoms with Gasteiger partial charge in [-0.05, 0) is 66.5 Å². The van der Waals surface area contributed by atoms with Gasteiger partial charge >= 0.3 is 6.18 Å². The molecule has 11 heteroatoms. The number of amides is 3. The van der Waals surface area contributed by atoms with Gasteiger partial charge in [0.15, 0.2) is 11.5 Å². The van der Waals surface area contributed by atoms with Crippen molar-refractivity contribution in [1.29, 1.82) is 0 Å². The van der Waals surface area contributed by atoms with Gasteiger partial charge in [-0.15, -0.1) is 0 Å². The molecular weight excluding hydrogens is 607 g/mol. The number of halogens is 3. The van der Waals surface area contributed by atoms with Crippen LogP contribution in [0.4, 0.5) is 18.9 Å². The lowest BCUT2D eigenvalue weighted by atomic mass is 9.83. The molecule has 2 N–H and O–H groups in total. The second-order valence-electron chi connectivity index (χ2n) is 13.0. The fourth-order valence-electron chi connectivity index (χ4n) is 6.96. The second-order valence-corrected chi connectivity index (χ2v) is 13.0. The number of nitrogens with two attached hydrogens (primary N) is 1. The van der Waals surface area contributed by atoms with Crippen molar-refractivity contribution in [2.45, 2.75) is 70.3 Å². The summed E-state index contributed by atoms with van der Waals surface area (Å²) in [6.07, 6.45) is -2.43. The van der Waals surface area contributed by atoms with Gasteiger partial charge in [0.1, 0.15) is 0 Å². The lowest BCUT2D eigenvalue weighted by molar-refractivity contribution is -0.138. The molecule has 0 radical (unpaired) electrons. The zero-order valence-corrected chi connectivity index (χ0v) is 26.5. The van der Waals surface area contributed by atoms with Crippen LogP contribution < -0.4 is 10.6 Å². The normalized spacial score (nSPS) is 20.3. The first-order chi connectivity index (χ1) is 22.4. The number of guanidine groups is 1. The average Bonchev–Trinajstić information content (AvgIpc) is 3.51. The fraction of sp³-hybridized carbons (Fsp3) is 0.389. The Labute approximate surface area is 272 Å². The molecule has 0 aliphatic carbocycles. The number of aliphatic imine (C=N–C) groups is 1. The highest BCUT2D eigenvalue weighted by Gasteiger charge is 2.49. The minimum atomic E-state index is -4.77. The van der Waals surface area contributed by atoms with E-state index in [-0.39, 0.29) is 43.5 Å². The number of carbonyl (C=O) groups excluding carboxylic acids is 3. The number of hydrogen-bond acceptors (Lipinski definition) is 5. The quantitative estimate of drug-likeness (QED) is 0.331. The number of likely N-dealkylation sites (tertiary alicyclic amines) is 1. The van der Waals surface area contributed by atoms with Crippen molar-refractivity contribution >= 4 is 29.4 Å². The third kappa shape index (κ3) is 6.11. The lowest BCUT2D eigenvalue weighted by Crippen LogP contribution is -2.48. The van der Waals surface area contributed by atoms with Crippen LogP contribution in [-0.4, -0.2) is 52.6 Å². The summed E-state index contributed by atoms with van der Waals surface area (Å²) in [4.78, 5) is 49.7. The summed E-state index contributed by atoms with van der Waals surface area (Å²) in [6, 6.07) is 20.0. The van der Waals surface area contributed by atoms with Crippen molar-refractivity contribution in [3.8, 4) is 0 Å². The summed E-state index contributed by atoms with van der Waals surface area (Å²) in [5, 5.41) is 0. The molecule has 1 fully saturated rings. The first-order valence-electron chi connectivity index (χ1n) is 16.0. The summed E-state index contributed by atoms with van der Waals surface area (Å²) in [6.45, 7) is 4.38. The molecule has 1 unspecified atom stereocenters. The van der Waals surface area contributed by atoms with Gasteiger partial charge in [0.25, 0.3) is 11.8 Å². The number of nitrogens with zero attached hydrogens (tertiary/aromatic N) is 4. The zero-order chi connectivity index (χ0) is 33.5. The molecule has 3 aliphatic heterocycles. The van der Waals surface area contributed by atoms with Crippen LogP contribution in [0.1, 0.15) is 72.1 Å². The van der Waals surface area contributed by atoms with Gasteiger partial charge in [0, 0.05) is 24.8 Å². The Bertz CT molecular complexity index is 1720. The van der Waals surface area contributed by atoms with Gasteiger partial charge < -0.3 is 15.5 Å². The first kappa shape index (κ1) is 32.3. The molecule has 1 saturated heterocycles. The van der Waals surface area contributed by atoms with E-state index in [1.54, 1.807) is 4.90 Å². The van der Waals surface area contributed by atoms with Gasteiger partial charge in [-0.1, -0.05) is 68.4 Å². The third-order valence-electron chi connectivity index (χ3n) is 9.45. The van der Waals surface area contributed by atoms with Gasteiger partial charge in [-0.2, -0.15) is 13.2 Å². The van der Waals surface area contributed by atoms with Crippen LogP contribution in [0.2, 0.25) is 0 Å². The lowest BCUT2D eigenvalue weighted by Gasteiger charge is -2.37. The summed E-state index contributed by atoms with van der Waals surface area (Å²) < 4.78 is 42.6. The number of benzene rings is 3. The second kappa shape index (κ2) is 12.5. The largest absolute Gasteiger partial charge is 0.417 e. The van der Waals surface area contributed by atoms with Crippen LogP contribution >= 0.6 is 0 Å². The smallest absolute Gasteiger partial charge is 0.369 e. The van der Waals surface area contributed by atoms with E-state index in [0.717, 1.165) is 17.3 Å². The van der Waals surface area contributed by atoms with E-state index in [4.69, 9.17) is 5.73 Å². The Hall–Kier alpha value is -4.67. The van der Waals surface area contributed by atoms with Gasteiger partial charge in [0.2, 0.25) is 5.91 Å². The van der Waals surface area contributed by atoms with Crippen LogP contribution in [-0.2, 0) is 34.3 Å². The van der Waals surface area contributed by atoms with Crippen molar-refractivity contribution in [1.82, 2.24) is 9.80 Å². The van der Waals surface area contributed by atoms with Crippen LogP contribution in [0.3, 0.4) is 0 Å². The number of hydrogen-bond donors (Lipinski definition) is 1. The fourth-order valence-corrected chi connectivity index (χ4v) is 6.96. The number of alkyl halides is 3. The van der Waals surface area contributed by atoms with Crippen molar-refractivity contribution in [2.75, 3.05) is 18.0 Å². The summed E-state index contributed by atoms with van der Waals surface area (Å²) in [7, 11) is 0. The number of anilines is 1. The number of carbonyl (C=O) groups is 3. The molecule has 3 aromatic carbocycles. The highest BCUT2D eigenvalue weighted by Crippen LogP contribution is 2.40. The van der Waals surface area contributed by atoms with Crippen molar-refractivity contribution in [3.05, 3.63) is 101 Å². The molecule has 0 aromatic heterocycles. The molecule has 6 rings (SSSR count). The van der Waals surface area contributed by atoms with E-state index >= 15 is 0 Å². The molecule has 3 amide bonds. The average molecular weight is 646 g/mol. The minimum absolute atomic E-state index is 0.0113. The van der Waals surface area contributed by atoms with E-state index in [1.807, 2.05) is 54.6 Å². The number of para-hydroxylation sites is 1. The van der Waals surface area contributed by atoms with Crippen LogP contribution in [0, 0.1) is 5.92 Å². The number of rotatable bonds is 8. The van der Waals surface area contributed by atoms with Gasteiger partial charge in [0.05, 0.1) is 24.1 Å². The molecule has 1 atom stereocenters. The van der Waals surface area contributed by atoms with Crippen molar-refractivity contribution in [2.24, 2.45) is 16.6 Å². The molecule has 0 spiro atoms. The maximum Gasteiger partial charge on any atom is 0.417 e. The molecular formula is C36H38F3N5O3. The van der Waals surface area contributed by atoms with E-state index in [1.165, 1.54) is 21.9 Å². The number of fused-ring (bicyclic) bond motifs is 1. The Morgan fingerprint density at radius 3 is 2.36 bits per heavy atom. The number of piperidine rings is 1. The molecule has 0 saturated carbocycles. The summed E-state index contributed by atoms with van der Waals surface area (Å²) in [5.41, 5.74) is 6.40. The van der Waals surface area contributed by atoms with E-state index in [0.29, 0.717) is 49.1 Å². The minimum Gasteiger partial charge on any atom is -0.369 e. The Balaban J connectivity index is 1.23. The molecule has 47 heavy (non-hydrogen) atoms. The first-order valence-corrected chi connectivity index (χ1v) is 16.0. The van der Waals surface area contributed by atoms with E-state index < -0.39 is 28.7 Å². The van der Waals surface area contributed by atoms with Crippen LogP contribution in [0.5, 0.6) is 0 Å². The van der Waals surface area contributed by atoms with Crippen LogP contribution in [0.25, 0.3) is 0 Å². The molecule has 246 valence electrons. The van der Waals surface area contributed by atoms with Crippen LogP contribution in [0.15, 0.2) is 77.8 Å². The predicted octanol–water partition coefficient (Wildman–Crippen LogP) is 5.89. The van der Waals surface area contributed by atoms with E-state index in [9.17, 15) is 27.6 Å². The Kier molecular flexibility index (Phi) is 8.59. The standard InChI is InChI=1S/C36H38F3N5O3/c1-23(2)14-17-35(26-9-4-3-5-10-26)33(47)43(34(40)41-35)22-24-12-13-29(36(37,38)39)28(20-24)32(46)42-18-15-27(16-19-42)44-30-11-7-6-8-25(30)21-31(44)45/h3-13,20,23,27H,14-19,21-22H2,1-2H3,(H2,40,41). The SMILES string of the molecule is CC(C)CCC1(c2ccccc2)N=C(N)N(Cc2ccc(C(F)(F)F)c(C(=O)N3CCC(N4C(=O)Cc5ccccc54)CC3)c2)C1=O. The molecule has 0 bridgehead atoms. The Morgan fingerprint density at radius 1 is 1.00 bits per heavy atom. The van der Waals surface area contributed by atoms with Gasteiger partial charge in [-0.3, -0.25) is 19.3 Å². The molecule has 3 heterocycles. The Morgan fingerprint density at radius 2 is 1.68 bits per heavy atom. The molecule has 3 aliphatic rings. The summed E-state index contributed by atoms with van der Waals surface area (Å²) in [5.74, 6) is -0.821. The summed E-state index contributed by atoms with van der Waals surface area (Å²) >= 11 is 0. The van der Waals surface area contributed by atoms with Gasteiger partial charge in [-0.25, -0.2) is 4.99 Å². The molecule has 8 nitrogen and oxygen atoms in total. The van der Waals surface area contributed by atoms with Crippen molar-refractivity contribution in [3.63, 3.8) is 0 Å².